The molecule has 0 unspecified atom stereocenters. The number of rotatable bonds is 4. The van der Waals surface area contributed by atoms with Gasteiger partial charge in [-0.3, -0.25) is 0 Å². The average molecular weight is 318 g/mol. The molecule has 0 saturated heterocycles. The van der Waals surface area contributed by atoms with Crippen molar-refractivity contribution < 1.29 is 14.8 Å². The van der Waals surface area contributed by atoms with Crippen LogP contribution in [0, 0.1) is 0 Å². The number of hydrogen-bond acceptors (Lipinski definition) is 3. The summed E-state index contributed by atoms with van der Waals surface area (Å²) in [6.07, 6.45) is 0. The van der Waals surface area contributed by atoms with Gasteiger partial charge in [-0.2, -0.15) is 0 Å². The molecule has 0 aliphatic rings. The molecule has 2 N–H and O–H groups in total. The summed E-state index contributed by atoms with van der Waals surface area (Å²) in [7, 11) is 0. The van der Waals surface area contributed by atoms with Crippen molar-refractivity contribution in [3.63, 3.8) is 0 Å². The van der Waals surface area contributed by atoms with Gasteiger partial charge in [-0.05, 0) is 39.8 Å². The lowest BCUT2D eigenvalue weighted by Crippen LogP contribution is -2.23. The molecule has 0 saturated carbocycles. The highest BCUT2D eigenvalue weighted by Gasteiger charge is 2.31. The van der Waals surface area contributed by atoms with Gasteiger partial charge in [0.1, 0.15) is 0 Å². The zero-order chi connectivity index (χ0) is 16.5. The highest BCUT2D eigenvalue weighted by atomic mass is 32.2. The monoisotopic (exact) mass is 318 g/mol. The van der Waals surface area contributed by atoms with Crippen molar-refractivity contribution in [3.05, 3.63) is 59.7 Å². The summed E-state index contributed by atoms with van der Waals surface area (Å²) in [6.45, 7) is 6.69. The lowest BCUT2D eigenvalue weighted by atomic mass is 9.98. The minimum absolute atomic E-state index is 0.562. The fourth-order valence-corrected chi connectivity index (χ4v) is 4.06. The van der Waals surface area contributed by atoms with Crippen LogP contribution in [0.15, 0.2) is 58.3 Å². The molecule has 0 heterocycles. The van der Waals surface area contributed by atoms with Crippen molar-refractivity contribution in [3.8, 4) is 0 Å². The van der Waals surface area contributed by atoms with E-state index < -0.39 is 22.4 Å². The Kier molecular flexibility index (Phi) is 4.68. The van der Waals surface area contributed by atoms with E-state index in [0.717, 1.165) is 0 Å². The van der Waals surface area contributed by atoms with Crippen LogP contribution < -0.4 is 0 Å². The van der Waals surface area contributed by atoms with E-state index in [-0.39, 0.29) is 0 Å². The standard InChI is InChI=1S/C18H22O3S/c1-17(2,19)13-9-5-7-11-15(13)22(21)16-12-8-6-10-14(16)18(3,4)20/h5-12,19-20H,1-4H3. The van der Waals surface area contributed by atoms with Crippen LogP contribution in [0.2, 0.25) is 0 Å². The van der Waals surface area contributed by atoms with Gasteiger partial charge in [0.05, 0.1) is 11.2 Å². The Morgan fingerprint density at radius 2 is 1.05 bits per heavy atom. The van der Waals surface area contributed by atoms with Crippen molar-refractivity contribution in [1.82, 2.24) is 0 Å². The predicted octanol–water partition coefficient (Wildman–Crippen LogP) is 3.31. The predicted molar refractivity (Wildman–Crippen MR) is 88.0 cm³/mol. The Hall–Kier alpha value is -1.33. The quantitative estimate of drug-likeness (QED) is 0.850. The van der Waals surface area contributed by atoms with Gasteiger partial charge in [-0.15, -0.1) is 0 Å². The number of aliphatic hydroxyl groups is 2. The normalized spacial score (nSPS) is 12.7. The molecule has 0 atom stereocenters. The first-order valence-electron chi connectivity index (χ1n) is 7.18. The fraction of sp³-hybridized carbons (Fsp3) is 0.333. The first-order chi connectivity index (χ1) is 10.1. The van der Waals surface area contributed by atoms with E-state index in [1.165, 1.54) is 0 Å². The summed E-state index contributed by atoms with van der Waals surface area (Å²) in [4.78, 5) is 1.12. The van der Waals surface area contributed by atoms with Crippen LogP contribution in [0.25, 0.3) is 0 Å². The molecule has 3 nitrogen and oxygen atoms in total. The van der Waals surface area contributed by atoms with Gasteiger partial charge in [0, 0.05) is 22.3 Å². The molecular formula is C18H22O3S. The van der Waals surface area contributed by atoms with E-state index in [0.29, 0.717) is 20.9 Å². The maximum absolute atomic E-state index is 13.1. The molecule has 0 bridgehead atoms. The summed E-state index contributed by atoms with van der Waals surface area (Å²) < 4.78 is 13.1. The zero-order valence-electron chi connectivity index (χ0n) is 13.3. The largest absolute Gasteiger partial charge is 0.606 e. The first-order valence-corrected chi connectivity index (χ1v) is 8.33. The first kappa shape index (κ1) is 17.0. The highest BCUT2D eigenvalue weighted by molar-refractivity contribution is 7.91. The molecule has 0 spiro atoms. The van der Waals surface area contributed by atoms with Crippen LogP contribution in [-0.4, -0.2) is 14.8 Å². The molecule has 2 rings (SSSR count). The van der Waals surface area contributed by atoms with Gasteiger partial charge < -0.3 is 14.8 Å². The van der Waals surface area contributed by atoms with Crippen molar-refractivity contribution in [2.75, 3.05) is 0 Å². The number of benzene rings is 2. The summed E-state index contributed by atoms with van der Waals surface area (Å²) in [5.74, 6) is 0. The van der Waals surface area contributed by atoms with Crippen LogP contribution in [0.5, 0.6) is 0 Å². The molecule has 4 heteroatoms. The maximum atomic E-state index is 13.1. The highest BCUT2D eigenvalue weighted by Crippen LogP contribution is 2.35. The van der Waals surface area contributed by atoms with Crippen LogP contribution in [0.3, 0.4) is 0 Å². The molecule has 0 radical (unpaired) electrons. The summed E-state index contributed by atoms with van der Waals surface area (Å²) >= 11 is -1.48. The van der Waals surface area contributed by atoms with E-state index in [1.54, 1.807) is 64.1 Å². The van der Waals surface area contributed by atoms with Crippen molar-refractivity contribution in [1.29, 1.82) is 0 Å². The van der Waals surface area contributed by atoms with E-state index >= 15 is 0 Å². The Bertz CT molecular complexity index is 596. The zero-order valence-corrected chi connectivity index (χ0v) is 14.1. The van der Waals surface area contributed by atoms with Crippen molar-refractivity contribution >= 4 is 11.2 Å². The van der Waals surface area contributed by atoms with Gasteiger partial charge in [0.2, 0.25) is 0 Å². The molecule has 22 heavy (non-hydrogen) atoms. The Labute approximate surface area is 134 Å². The lowest BCUT2D eigenvalue weighted by molar-refractivity contribution is 0.0752. The van der Waals surface area contributed by atoms with E-state index in [4.69, 9.17) is 0 Å². The Balaban J connectivity index is 2.58. The van der Waals surface area contributed by atoms with Gasteiger partial charge in [0.15, 0.2) is 9.79 Å². The van der Waals surface area contributed by atoms with Crippen LogP contribution >= 0.6 is 0 Å². The third-order valence-corrected chi connectivity index (χ3v) is 5.00. The lowest BCUT2D eigenvalue weighted by Gasteiger charge is -2.25. The third-order valence-electron chi connectivity index (χ3n) is 3.49. The van der Waals surface area contributed by atoms with Crippen LogP contribution in [-0.2, 0) is 22.4 Å². The van der Waals surface area contributed by atoms with Crippen molar-refractivity contribution in [2.45, 2.75) is 48.7 Å². The number of hydrogen-bond donors (Lipinski definition) is 2. The third kappa shape index (κ3) is 3.52. The van der Waals surface area contributed by atoms with Gasteiger partial charge >= 0.3 is 0 Å². The van der Waals surface area contributed by atoms with Crippen molar-refractivity contribution in [2.24, 2.45) is 0 Å². The average Bonchev–Trinajstić information content (AvgIpc) is 2.45. The molecule has 2 aromatic rings. The second kappa shape index (κ2) is 6.05. The van der Waals surface area contributed by atoms with E-state index in [2.05, 4.69) is 0 Å². The van der Waals surface area contributed by atoms with Gasteiger partial charge in [0.25, 0.3) is 0 Å². The smallest absolute Gasteiger partial charge is 0.164 e. The minimum atomic E-state index is -1.48. The molecule has 118 valence electrons. The molecule has 0 aromatic heterocycles. The topological polar surface area (TPSA) is 63.5 Å². The van der Waals surface area contributed by atoms with Crippen LogP contribution in [0.4, 0.5) is 0 Å². The second-order valence-electron chi connectivity index (χ2n) is 6.38. The molecule has 0 aliphatic heterocycles. The van der Waals surface area contributed by atoms with Gasteiger partial charge in [-0.25, -0.2) is 0 Å². The molecule has 0 amide bonds. The molecule has 0 fully saturated rings. The SMILES string of the molecule is CC(C)(O)c1ccccc1[S+]([O-])c1ccccc1C(C)(C)O. The molecule has 0 aliphatic carbocycles. The summed E-state index contributed by atoms with van der Waals surface area (Å²) in [5, 5.41) is 20.6. The van der Waals surface area contributed by atoms with E-state index in [1.807, 2.05) is 12.1 Å². The Morgan fingerprint density at radius 1 is 0.727 bits per heavy atom. The summed E-state index contributed by atoms with van der Waals surface area (Å²) in [6, 6.07) is 14.3. The van der Waals surface area contributed by atoms with Gasteiger partial charge in [-0.1, -0.05) is 36.4 Å². The molecular weight excluding hydrogens is 296 g/mol. The summed E-state index contributed by atoms with van der Waals surface area (Å²) in [5.41, 5.74) is -0.927. The van der Waals surface area contributed by atoms with E-state index in [9.17, 15) is 14.8 Å². The maximum Gasteiger partial charge on any atom is 0.164 e. The molecule has 2 aromatic carbocycles. The Morgan fingerprint density at radius 3 is 1.36 bits per heavy atom. The minimum Gasteiger partial charge on any atom is -0.606 e. The fourth-order valence-electron chi connectivity index (χ4n) is 2.39. The second-order valence-corrected chi connectivity index (χ2v) is 7.80. The van der Waals surface area contributed by atoms with Crippen LogP contribution in [0.1, 0.15) is 38.8 Å².